The van der Waals surface area contributed by atoms with Crippen LogP contribution in [0, 0.1) is 5.92 Å². The molecule has 1 aliphatic rings. The SMILES string of the molecule is CC1C=CC=CC1c1ccc2ccccc2c1Nc1ccc(-c2ccc(N(c3ccccc3)c3ccc4sc5ccccc5c4c3)cc2)cc1. The Bertz CT molecular complexity index is 2520. The summed E-state index contributed by atoms with van der Waals surface area (Å²) in [5.41, 5.74) is 9.38. The number of allylic oxidation sites excluding steroid dienone is 4. The van der Waals surface area contributed by atoms with Gasteiger partial charge in [0.25, 0.3) is 0 Å². The first-order valence-electron chi connectivity index (χ1n) is 17.3. The van der Waals surface area contributed by atoms with E-state index in [0.29, 0.717) is 11.8 Å². The molecule has 0 amide bonds. The highest BCUT2D eigenvalue weighted by molar-refractivity contribution is 7.25. The molecule has 0 saturated carbocycles. The third-order valence-electron chi connectivity index (χ3n) is 9.98. The second-order valence-electron chi connectivity index (χ2n) is 13.1. The Morgan fingerprint density at radius 1 is 0.520 bits per heavy atom. The van der Waals surface area contributed by atoms with Crippen molar-refractivity contribution in [2.45, 2.75) is 12.8 Å². The lowest BCUT2D eigenvalue weighted by Gasteiger charge is -2.26. The van der Waals surface area contributed by atoms with E-state index in [1.807, 2.05) is 11.3 Å². The van der Waals surface area contributed by atoms with Gasteiger partial charge in [0.1, 0.15) is 0 Å². The Labute approximate surface area is 297 Å². The molecule has 2 atom stereocenters. The van der Waals surface area contributed by atoms with E-state index in [1.54, 1.807) is 0 Å². The molecule has 0 saturated heterocycles. The van der Waals surface area contributed by atoms with E-state index in [4.69, 9.17) is 0 Å². The van der Waals surface area contributed by atoms with Crippen molar-refractivity contribution in [2.75, 3.05) is 10.2 Å². The minimum absolute atomic E-state index is 0.326. The van der Waals surface area contributed by atoms with Crippen molar-refractivity contribution in [3.63, 3.8) is 0 Å². The number of nitrogens with one attached hydrogen (secondary N) is 1. The van der Waals surface area contributed by atoms with Gasteiger partial charge in [-0.05, 0) is 88.7 Å². The maximum absolute atomic E-state index is 3.83. The number of benzene rings is 7. The van der Waals surface area contributed by atoms with Crippen molar-refractivity contribution in [3.05, 3.63) is 188 Å². The summed E-state index contributed by atoms with van der Waals surface area (Å²) >= 11 is 1.85. The van der Waals surface area contributed by atoms with Gasteiger partial charge in [0, 0.05) is 54.2 Å². The summed E-state index contributed by atoms with van der Waals surface area (Å²) < 4.78 is 2.63. The zero-order chi connectivity index (χ0) is 33.4. The Hall–Kier alpha value is -5.90. The lowest BCUT2D eigenvalue weighted by atomic mass is 9.82. The largest absolute Gasteiger partial charge is 0.355 e. The molecule has 50 heavy (non-hydrogen) atoms. The van der Waals surface area contributed by atoms with Gasteiger partial charge in [-0.15, -0.1) is 11.3 Å². The summed E-state index contributed by atoms with van der Waals surface area (Å²) in [6.45, 7) is 2.30. The normalized spacial score (nSPS) is 15.5. The Morgan fingerprint density at radius 3 is 1.96 bits per heavy atom. The molecule has 8 aromatic rings. The number of thiophene rings is 1. The number of hydrogen-bond acceptors (Lipinski definition) is 3. The number of nitrogens with zero attached hydrogens (tertiary/aromatic N) is 1. The molecule has 0 radical (unpaired) electrons. The van der Waals surface area contributed by atoms with E-state index in [2.05, 4.69) is 199 Å². The van der Waals surface area contributed by atoms with Gasteiger partial charge in [-0.3, -0.25) is 0 Å². The van der Waals surface area contributed by atoms with Crippen LogP contribution in [0.2, 0.25) is 0 Å². The first-order valence-corrected chi connectivity index (χ1v) is 18.1. The molecular weight excluding hydrogens is 625 g/mol. The van der Waals surface area contributed by atoms with E-state index < -0.39 is 0 Å². The number of para-hydroxylation sites is 1. The molecule has 1 aromatic heterocycles. The average molecular weight is 661 g/mol. The fourth-order valence-corrected chi connectivity index (χ4v) is 8.47. The molecule has 3 heteroatoms. The zero-order valence-electron chi connectivity index (χ0n) is 27.8. The summed E-state index contributed by atoms with van der Waals surface area (Å²) in [7, 11) is 0. The van der Waals surface area contributed by atoms with Gasteiger partial charge in [-0.25, -0.2) is 0 Å². The van der Waals surface area contributed by atoms with Gasteiger partial charge in [0.05, 0.1) is 5.69 Å². The lowest BCUT2D eigenvalue weighted by molar-refractivity contribution is 0.637. The van der Waals surface area contributed by atoms with Crippen LogP contribution in [0.15, 0.2) is 182 Å². The molecule has 0 spiro atoms. The third kappa shape index (κ3) is 5.56. The number of fused-ring (bicyclic) bond motifs is 4. The van der Waals surface area contributed by atoms with Gasteiger partial charge in [-0.2, -0.15) is 0 Å². The molecular formula is C47H36N2S. The van der Waals surface area contributed by atoms with Crippen molar-refractivity contribution in [3.8, 4) is 11.1 Å². The molecule has 2 unspecified atom stereocenters. The van der Waals surface area contributed by atoms with Gasteiger partial charge < -0.3 is 10.2 Å². The second kappa shape index (κ2) is 12.9. The molecule has 1 N–H and O–H groups in total. The van der Waals surface area contributed by atoms with Crippen LogP contribution in [-0.2, 0) is 0 Å². The molecule has 1 heterocycles. The molecule has 240 valence electrons. The zero-order valence-corrected chi connectivity index (χ0v) is 28.6. The van der Waals surface area contributed by atoms with Crippen LogP contribution >= 0.6 is 11.3 Å². The fraction of sp³-hybridized carbons (Fsp3) is 0.0638. The molecule has 0 bridgehead atoms. The molecule has 0 fully saturated rings. The smallest absolute Gasteiger partial charge is 0.0502 e. The highest BCUT2D eigenvalue weighted by Crippen LogP contribution is 2.42. The molecule has 2 nitrogen and oxygen atoms in total. The van der Waals surface area contributed by atoms with E-state index in [0.717, 1.165) is 22.7 Å². The van der Waals surface area contributed by atoms with Crippen molar-refractivity contribution < 1.29 is 0 Å². The first-order chi connectivity index (χ1) is 24.7. The molecule has 9 rings (SSSR count). The summed E-state index contributed by atoms with van der Waals surface area (Å²) in [6.07, 6.45) is 8.96. The lowest BCUT2D eigenvalue weighted by Crippen LogP contribution is -2.10. The fourth-order valence-electron chi connectivity index (χ4n) is 7.38. The molecule has 1 aliphatic carbocycles. The first kappa shape index (κ1) is 30.2. The highest BCUT2D eigenvalue weighted by Gasteiger charge is 2.21. The van der Waals surface area contributed by atoms with Crippen LogP contribution in [0.25, 0.3) is 42.1 Å². The minimum atomic E-state index is 0.326. The highest BCUT2D eigenvalue weighted by atomic mass is 32.1. The predicted molar refractivity (Wildman–Crippen MR) is 217 cm³/mol. The topological polar surface area (TPSA) is 15.3 Å². The van der Waals surface area contributed by atoms with Crippen molar-refractivity contribution in [1.29, 1.82) is 0 Å². The quantitative estimate of drug-likeness (QED) is 0.183. The minimum Gasteiger partial charge on any atom is -0.355 e. The maximum Gasteiger partial charge on any atom is 0.0502 e. The van der Waals surface area contributed by atoms with Crippen LogP contribution < -0.4 is 10.2 Å². The van der Waals surface area contributed by atoms with Crippen LogP contribution in [-0.4, -0.2) is 0 Å². The van der Waals surface area contributed by atoms with Crippen molar-refractivity contribution >= 4 is 70.7 Å². The van der Waals surface area contributed by atoms with Gasteiger partial charge in [0.15, 0.2) is 0 Å². The van der Waals surface area contributed by atoms with Gasteiger partial charge >= 0.3 is 0 Å². The second-order valence-corrected chi connectivity index (χ2v) is 14.2. The van der Waals surface area contributed by atoms with E-state index in [-0.39, 0.29) is 0 Å². The average Bonchev–Trinajstić information content (AvgIpc) is 3.55. The Kier molecular flexibility index (Phi) is 7.76. The Morgan fingerprint density at radius 2 is 1.16 bits per heavy atom. The number of hydrogen-bond donors (Lipinski definition) is 1. The number of rotatable bonds is 7. The van der Waals surface area contributed by atoms with E-state index >= 15 is 0 Å². The van der Waals surface area contributed by atoms with Crippen LogP contribution in [0.1, 0.15) is 18.4 Å². The molecule has 7 aromatic carbocycles. The van der Waals surface area contributed by atoms with Gasteiger partial charge in [0.2, 0.25) is 0 Å². The van der Waals surface area contributed by atoms with Gasteiger partial charge in [-0.1, -0.05) is 128 Å². The van der Waals surface area contributed by atoms with Crippen LogP contribution in [0.4, 0.5) is 28.4 Å². The summed E-state index contributed by atoms with van der Waals surface area (Å²) in [4.78, 5) is 2.35. The van der Waals surface area contributed by atoms with E-state index in [1.165, 1.54) is 53.3 Å². The predicted octanol–water partition coefficient (Wildman–Crippen LogP) is 13.9. The van der Waals surface area contributed by atoms with Crippen molar-refractivity contribution in [1.82, 2.24) is 0 Å². The van der Waals surface area contributed by atoms with Crippen LogP contribution in [0.3, 0.4) is 0 Å². The summed E-state index contributed by atoms with van der Waals surface area (Å²) in [5, 5.41) is 8.92. The van der Waals surface area contributed by atoms with Crippen LogP contribution in [0.5, 0.6) is 0 Å². The summed E-state index contributed by atoms with van der Waals surface area (Å²) in [6, 6.07) is 57.2. The van der Waals surface area contributed by atoms with E-state index in [9.17, 15) is 0 Å². The maximum atomic E-state index is 3.83. The number of anilines is 5. The summed E-state index contributed by atoms with van der Waals surface area (Å²) in [5.74, 6) is 0.759. The monoisotopic (exact) mass is 660 g/mol. The molecule has 0 aliphatic heterocycles. The Balaban J connectivity index is 1.03. The van der Waals surface area contributed by atoms with Crippen molar-refractivity contribution in [2.24, 2.45) is 5.92 Å². The standard InChI is InChI=1S/C47H36N2S/c1-32-11-5-7-15-40(32)43-29-23-35-12-6-8-16-41(35)47(43)48-36-24-19-33(20-25-36)34-21-26-38(27-22-34)49(37-13-3-2-4-14-37)39-28-30-46-44(31-39)42-17-9-10-18-45(42)50-46/h2-32,40,48H,1H3. The third-order valence-corrected chi connectivity index (χ3v) is 11.1.